The van der Waals surface area contributed by atoms with E-state index >= 15 is 0 Å². The Morgan fingerprint density at radius 3 is 2.62 bits per heavy atom. The van der Waals surface area contributed by atoms with Crippen molar-refractivity contribution in [1.29, 1.82) is 0 Å². The minimum absolute atomic E-state index is 0.0970. The van der Waals surface area contributed by atoms with E-state index in [4.69, 9.17) is 15.0 Å². The molecule has 1 aliphatic heterocycles. The van der Waals surface area contributed by atoms with Gasteiger partial charge in [0.15, 0.2) is 5.82 Å². The zero-order valence-corrected chi connectivity index (χ0v) is 13.2. The predicted molar refractivity (Wildman–Crippen MR) is 76.0 cm³/mol. The van der Waals surface area contributed by atoms with Crippen LogP contribution in [0.15, 0.2) is 4.52 Å². The largest absolute Gasteiger partial charge is 0.385 e. The normalized spacial score (nSPS) is 19.8. The van der Waals surface area contributed by atoms with Crippen LogP contribution in [0.1, 0.15) is 31.0 Å². The lowest BCUT2D eigenvalue weighted by Crippen LogP contribution is -2.50. The Kier molecular flexibility index (Phi) is 4.97. The average molecular weight is 318 g/mol. The number of ether oxygens (including phenoxy) is 1. The van der Waals surface area contributed by atoms with Gasteiger partial charge < -0.3 is 15.0 Å². The Hall–Kier alpha value is -1.03. The standard InChI is InChI=1S/C12H22N4O4S/c1-10-14-11(15-20-10)12(13)4-6-16(7-5-12)21(17,18)9-3-8-19-2/h3-9,13H2,1-2H3. The van der Waals surface area contributed by atoms with E-state index < -0.39 is 15.6 Å². The first-order valence-corrected chi connectivity index (χ1v) is 8.55. The van der Waals surface area contributed by atoms with Crippen molar-refractivity contribution in [2.75, 3.05) is 32.6 Å². The summed E-state index contributed by atoms with van der Waals surface area (Å²) in [6, 6.07) is 0. The highest BCUT2D eigenvalue weighted by molar-refractivity contribution is 7.89. The molecule has 0 amide bonds. The van der Waals surface area contributed by atoms with Crippen LogP contribution in [0.4, 0.5) is 0 Å². The number of aromatic nitrogens is 2. The molecule has 1 aromatic rings. The Morgan fingerprint density at radius 2 is 2.10 bits per heavy atom. The Bertz CT molecular complexity index is 564. The van der Waals surface area contributed by atoms with Crippen LogP contribution < -0.4 is 5.73 Å². The molecule has 21 heavy (non-hydrogen) atoms. The number of hydrogen-bond acceptors (Lipinski definition) is 7. The molecule has 2 heterocycles. The van der Waals surface area contributed by atoms with Crippen LogP contribution in [0, 0.1) is 6.92 Å². The van der Waals surface area contributed by atoms with Crippen molar-refractivity contribution >= 4 is 10.0 Å². The Labute approximate surface area is 124 Å². The molecular weight excluding hydrogens is 296 g/mol. The molecule has 0 saturated carbocycles. The molecule has 0 bridgehead atoms. The lowest BCUT2D eigenvalue weighted by molar-refractivity contribution is 0.197. The lowest BCUT2D eigenvalue weighted by atomic mass is 9.89. The number of piperidine rings is 1. The third-order valence-electron chi connectivity index (χ3n) is 3.73. The van der Waals surface area contributed by atoms with Gasteiger partial charge in [0.25, 0.3) is 0 Å². The van der Waals surface area contributed by atoms with E-state index in [1.165, 1.54) is 4.31 Å². The van der Waals surface area contributed by atoms with Crippen molar-refractivity contribution in [2.24, 2.45) is 5.73 Å². The van der Waals surface area contributed by atoms with Crippen LogP contribution in [-0.4, -0.2) is 55.4 Å². The Balaban J connectivity index is 1.96. The number of rotatable bonds is 6. The number of sulfonamides is 1. The zero-order chi connectivity index (χ0) is 15.5. The van der Waals surface area contributed by atoms with Crippen LogP contribution in [0.5, 0.6) is 0 Å². The van der Waals surface area contributed by atoms with Crippen molar-refractivity contribution in [3.63, 3.8) is 0 Å². The van der Waals surface area contributed by atoms with Crippen molar-refractivity contribution in [3.8, 4) is 0 Å². The SMILES string of the molecule is COCCCS(=O)(=O)N1CCC(N)(c2noc(C)n2)CC1. The van der Waals surface area contributed by atoms with Gasteiger partial charge in [-0.25, -0.2) is 12.7 Å². The second kappa shape index (κ2) is 6.39. The third-order valence-corrected chi connectivity index (χ3v) is 5.69. The monoisotopic (exact) mass is 318 g/mol. The Morgan fingerprint density at radius 1 is 1.43 bits per heavy atom. The van der Waals surface area contributed by atoms with Gasteiger partial charge in [-0.1, -0.05) is 5.16 Å². The van der Waals surface area contributed by atoms with Crippen LogP contribution in [0.2, 0.25) is 0 Å². The van der Waals surface area contributed by atoms with E-state index in [9.17, 15) is 8.42 Å². The first-order chi connectivity index (χ1) is 9.87. The molecule has 0 unspecified atom stereocenters. The highest BCUT2D eigenvalue weighted by atomic mass is 32.2. The highest BCUT2D eigenvalue weighted by Crippen LogP contribution is 2.29. The molecular formula is C12H22N4O4S. The van der Waals surface area contributed by atoms with Gasteiger partial charge in [-0.2, -0.15) is 4.98 Å². The first kappa shape index (κ1) is 16.3. The summed E-state index contributed by atoms with van der Waals surface area (Å²) in [5, 5.41) is 3.86. The molecule has 0 spiro atoms. The molecule has 1 fully saturated rings. The van der Waals surface area contributed by atoms with E-state index in [0.29, 0.717) is 50.7 Å². The van der Waals surface area contributed by atoms with E-state index in [-0.39, 0.29) is 5.75 Å². The van der Waals surface area contributed by atoms with E-state index in [0.717, 1.165) is 0 Å². The van der Waals surface area contributed by atoms with Gasteiger partial charge in [0.2, 0.25) is 15.9 Å². The van der Waals surface area contributed by atoms with Crippen LogP contribution in [0.3, 0.4) is 0 Å². The molecule has 1 aromatic heterocycles. The summed E-state index contributed by atoms with van der Waals surface area (Å²) in [5.41, 5.74) is 5.58. The number of methoxy groups -OCH3 is 1. The number of aryl methyl sites for hydroxylation is 1. The fourth-order valence-corrected chi connectivity index (χ4v) is 3.88. The topological polar surface area (TPSA) is 112 Å². The van der Waals surface area contributed by atoms with Crippen LogP contribution in [-0.2, 0) is 20.3 Å². The second-order valence-corrected chi connectivity index (χ2v) is 7.44. The molecule has 8 nitrogen and oxygen atoms in total. The average Bonchev–Trinajstić information content (AvgIpc) is 2.87. The molecule has 0 radical (unpaired) electrons. The molecule has 1 aliphatic rings. The third kappa shape index (κ3) is 3.79. The van der Waals surface area contributed by atoms with Gasteiger partial charge in [0, 0.05) is 33.7 Å². The second-order valence-electron chi connectivity index (χ2n) is 5.35. The number of nitrogens with zero attached hydrogens (tertiary/aromatic N) is 3. The molecule has 9 heteroatoms. The van der Waals surface area contributed by atoms with Gasteiger partial charge in [0.1, 0.15) is 0 Å². The predicted octanol–water partition coefficient (Wildman–Crippen LogP) is -0.00588. The maximum absolute atomic E-state index is 12.2. The van der Waals surface area contributed by atoms with Crippen LogP contribution >= 0.6 is 0 Å². The van der Waals surface area contributed by atoms with Gasteiger partial charge in [-0.05, 0) is 19.3 Å². The van der Waals surface area contributed by atoms with E-state index in [1.807, 2.05) is 0 Å². The first-order valence-electron chi connectivity index (χ1n) is 6.94. The van der Waals surface area contributed by atoms with Crippen molar-refractivity contribution in [2.45, 2.75) is 31.7 Å². The number of nitrogens with two attached hydrogens (primary N) is 1. The van der Waals surface area contributed by atoms with Gasteiger partial charge in [0.05, 0.1) is 11.3 Å². The zero-order valence-electron chi connectivity index (χ0n) is 12.4. The summed E-state index contributed by atoms with van der Waals surface area (Å²) >= 11 is 0. The van der Waals surface area contributed by atoms with Gasteiger partial charge >= 0.3 is 0 Å². The van der Waals surface area contributed by atoms with Crippen LogP contribution in [0.25, 0.3) is 0 Å². The molecule has 0 atom stereocenters. The van der Waals surface area contributed by atoms with Gasteiger partial charge in [-0.3, -0.25) is 0 Å². The maximum Gasteiger partial charge on any atom is 0.223 e. The molecule has 2 N–H and O–H groups in total. The molecule has 0 aliphatic carbocycles. The smallest absolute Gasteiger partial charge is 0.223 e. The summed E-state index contributed by atoms with van der Waals surface area (Å²) in [6.07, 6.45) is 1.46. The van der Waals surface area contributed by atoms with E-state index in [1.54, 1.807) is 14.0 Å². The quantitative estimate of drug-likeness (QED) is 0.734. The van der Waals surface area contributed by atoms with Gasteiger partial charge in [-0.15, -0.1) is 0 Å². The van der Waals surface area contributed by atoms with Crippen molar-refractivity contribution in [3.05, 3.63) is 11.7 Å². The summed E-state index contributed by atoms with van der Waals surface area (Å²) in [5.74, 6) is 1.01. The summed E-state index contributed by atoms with van der Waals surface area (Å²) < 4.78 is 35.7. The molecule has 2 rings (SSSR count). The summed E-state index contributed by atoms with van der Waals surface area (Å²) in [6.45, 7) is 2.89. The molecule has 1 saturated heterocycles. The fraction of sp³-hybridized carbons (Fsp3) is 0.833. The summed E-state index contributed by atoms with van der Waals surface area (Å²) in [7, 11) is -1.69. The van der Waals surface area contributed by atoms with E-state index in [2.05, 4.69) is 10.1 Å². The van der Waals surface area contributed by atoms with Crippen molar-refractivity contribution in [1.82, 2.24) is 14.4 Å². The fourth-order valence-electron chi connectivity index (χ4n) is 2.40. The number of hydrogen-bond donors (Lipinski definition) is 1. The molecule has 120 valence electrons. The minimum atomic E-state index is -3.25. The minimum Gasteiger partial charge on any atom is -0.385 e. The molecule has 0 aromatic carbocycles. The lowest BCUT2D eigenvalue weighted by Gasteiger charge is -2.36. The maximum atomic E-state index is 12.2. The summed E-state index contributed by atoms with van der Waals surface area (Å²) in [4.78, 5) is 4.17. The van der Waals surface area contributed by atoms with Crippen molar-refractivity contribution < 1.29 is 17.7 Å². The highest BCUT2D eigenvalue weighted by Gasteiger charge is 2.39.